The molecule has 0 spiro atoms. The van der Waals surface area contributed by atoms with Crippen LogP contribution in [0.1, 0.15) is 31.6 Å². The van der Waals surface area contributed by atoms with Gasteiger partial charge in [-0.2, -0.15) is 0 Å². The molecule has 0 saturated carbocycles. The van der Waals surface area contributed by atoms with Crippen molar-refractivity contribution in [3.05, 3.63) is 19.8 Å². The Morgan fingerprint density at radius 2 is 2.11 bits per heavy atom. The molecule has 0 radical (unpaired) electrons. The van der Waals surface area contributed by atoms with Gasteiger partial charge in [-0.1, -0.05) is 25.4 Å². The molecule has 1 N–H and O–H groups in total. The van der Waals surface area contributed by atoms with E-state index in [2.05, 4.69) is 41.2 Å². The van der Waals surface area contributed by atoms with Gasteiger partial charge in [0, 0.05) is 23.0 Å². The summed E-state index contributed by atoms with van der Waals surface area (Å²) in [5, 5.41) is 3.40. The normalized spacial score (nSPS) is 12.1. The number of aryl methyl sites for hydroxylation is 1. The highest BCUT2D eigenvalue weighted by molar-refractivity contribution is 9.10. The second-order valence-electron chi connectivity index (χ2n) is 5.49. The highest BCUT2D eigenvalue weighted by atomic mass is 79.9. The predicted molar refractivity (Wildman–Crippen MR) is 88.5 cm³/mol. The molecule has 1 aromatic rings. The zero-order chi connectivity index (χ0) is 14.3. The maximum Gasteiger partial charge on any atom is 0.107 e. The third kappa shape index (κ3) is 7.09. The summed E-state index contributed by atoms with van der Waals surface area (Å²) in [5.41, 5.74) is 0.350. The Morgan fingerprint density at radius 3 is 2.68 bits per heavy atom. The molecule has 1 aromatic heterocycles. The average molecular weight is 369 g/mol. The summed E-state index contributed by atoms with van der Waals surface area (Å²) in [7, 11) is 1.73. The quantitative estimate of drug-likeness (QED) is 0.635. The van der Waals surface area contributed by atoms with Crippen molar-refractivity contribution in [1.82, 2.24) is 5.32 Å². The van der Waals surface area contributed by atoms with Gasteiger partial charge in [0.2, 0.25) is 0 Å². The smallest absolute Gasteiger partial charge is 0.107 e. The van der Waals surface area contributed by atoms with E-state index in [-0.39, 0.29) is 0 Å². The SMILES string of the molecule is COCCNCCC(C)(C)CCc1cc(Br)c(Cl)s1. The lowest BCUT2D eigenvalue weighted by Crippen LogP contribution is -2.25. The Hall–Kier alpha value is 0.390. The number of nitrogens with one attached hydrogen (secondary N) is 1. The summed E-state index contributed by atoms with van der Waals surface area (Å²) in [6.45, 7) is 7.41. The largest absolute Gasteiger partial charge is 0.383 e. The molecular formula is C14H23BrClNOS. The molecule has 1 rings (SSSR count). The molecular weight excluding hydrogens is 346 g/mol. The van der Waals surface area contributed by atoms with E-state index in [9.17, 15) is 0 Å². The van der Waals surface area contributed by atoms with Crippen LogP contribution in [0.4, 0.5) is 0 Å². The van der Waals surface area contributed by atoms with Gasteiger partial charge in [-0.25, -0.2) is 0 Å². The van der Waals surface area contributed by atoms with Crippen molar-refractivity contribution in [2.75, 3.05) is 26.8 Å². The van der Waals surface area contributed by atoms with Crippen LogP contribution in [0.3, 0.4) is 0 Å². The van der Waals surface area contributed by atoms with Crippen LogP contribution in [-0.4, -0.2) is 26.8 Å². The molecule has 0 atom stereocenters. The van der Waals surface area contributed by atoms with Crippen LogP contribution in [0.5, 0.6) is 0 Å². The fourth-order valence-electron chi connectivity index (χ4n) is 1.83. The fraction of sp³-hybridized carbons (Fsp3) is 0.714. The van der Waals surface area contributed by atoms with E-state index in [0.717, 1.165) is 34.9 Å². The van der Waals surface area contributed by atoms with E-state index >= 15 is 0 Å². The lowest BCUT2D eigenvalue weighted by atomic mass is 9.84. The van der Waals surface area contributed by atoms with Crippen molar-refractivity contribution in [1.29, 1.82) is 0 Å². The Balaban J connectivity index is 2.26. The lowest BCUT2D eigenvalue weighted by molar-refractivity contribution is 0.197. The van der Waals surface area contributed by atoms with Crippen LogP contribution in [0.2, 0.25) is 4.34 Å². The maximum absolute atomic E-state index is 6.06. The van der Waals surface area contributed by atoms with Gasteiger partial charge in [0.15, 0.2) is 0 Å². The van der Waals surface area contributed by atoms with E-state index in [1.807, 2.05) is 0 Å². The van der Waals surface area contributed by atoms with E-state index in [1.54, 1.807) is 18.4 Å². The molecule has 0 aliphatic heterocycles. The third-order valence-electron chi connectivity index (χ3n) is 3.21. The van der Waals surface area contributed by atoms with E-state index < -0.39 is 0 Å². The van der Waals surface area contributed by atoms with Gasteiger partial charge in [-0.05, 0) is 53.2 Å². The van der Waals surface area contributed by atoms with Gasteiger partial charge < -0.3 is 10.1 Å². The van der Waals surface area contributed by atoms with Gasteiger partial charge in [-0.15, -0.1) is 11.3 Å². The molecule has 0 aliphatic rings. The first-order valence-corrected chi connectivity index (χ1v) is 8.57. The van der Waals surface area contributed by atoms with E-state index in [0.29, 0.717) is 5.41 Å². The number of methoxy groups -OCH3 is 1. The van der Waals surface area contributed by atoms with Crippen molar-refractivity contribution < 1.29 is 4.74 Å². The van der Waals surface area contributed by atoms with Crippen molar-refractivity contribution in [3.63, 3.8) is 0 Å². The zero-order valence-electron chi connectivity index (χ0n) is 11.9. The van der Waals surface area contributed by atoms with Crippen molar-refractivity contribution >= 4 is 38.9 Å². The first kappa shape index (κ1) is 17.4. The van der Waals surface area contributed by atoms with Gasteiger partial charge in [-0.3, -0.25) is 0 Å². The summed E-state index contributed by atoms with van der Waals surface area (Å²) >= 11 is 11.2. The molecule has 0 unspecified atom stereocenters. The van der Waals surface area contributed by atoms with Gasteiger partial charge in [0.1, 0.15) is 4.34 Å². The van der Waals surface area contributed by atoms with E-state index in [4.69, 9.17) is 16.3 Å². The Morgan fingerprint density at radius 1 is 1.37 bits per heavy atom. The molecule has 5 heteroatoms. The number of hydrogen-bond donors (Lipinski definition) is 1. The average Bonchev–Trinajstić information content (AvgIpc) is 2.66. The standard InChI is InChI=1S/C14H23BrClNOS/c1-14(2,6-7-17-8-9-18-3)5-4-11-10-12(15)13(16)19-11/h10,17H,4-9H2,1-3H3. The maximum atomic E-state index is 6.06. The molecule has 0 amide bonds. The summed E-state index contributed by atoms with van der Waals surface area (Å²) in [4.78, 5) is 1.36. The Kier molecular flexibility index (Phi) is 7.92. The molecule has 0 bridgehead atoms. The first-order chi connectivity index (χ1) is 8.94. The highest BCUT2D eigenvalue weighted by Crippen LogP contribution is 2.35. The fourth-order valence-corrected chi connectivity index (χ4v) is 3.62. The van der Waals surface area contributed by atoms with Crippen molar-refractivity contribution in [3.8, 4) is 0 Å². The second kappa shape index (κ2) is 8.63. The summed E-state index contributed by atoms with van der Waals surface area (Å²) < 4.78 is 6.89. The minimum atomic E-state index is 0.350. The van der Waals surface area contributed by atoms with Crippen molar-refractivity contribution in [2.45, 2.75) is 33.1 Å². The van der Waals surface area contributed by atoms with Crippen LogP contribution in [0.15, 0.2) is 10.5 Å². The number of thiophene rings is 1. The summed E-state index contributed by atoms with van der Waals surface area (Å²) in [6, 6.07) is 2.14. The molecule has 1 heterocycles. The molecule has 0 aliphatic carbocycles. The number of ether oxygens (including phenoxy) is 1. The third-order valence-corrected chi connectivity index (χ3v) is 5.74. The van der Waals surface area contributed by atoms with Crippen LogP contribution in [0, 0.1) is 5.41 Å². The number of hydrogen-bond acceptors (Lipinski definition) is 3. The molecule has 0 aromatic carbocycles. The topological polar surface area (TPSA) is 21.3 Å². The van der Waals surface area contributed by atoms with Crippen LogP contribution in [0.25, 0.3) is 0 Å². The number of halogens is 2. The second-order valence-corrected chi connectivity index (χ2v) is 8.08. The molecule has 0 fully saturated rings. The zero-order valence-corrected chi connectivity index (χ0v) is 15.1. The predicted octanol–water partition coefficient (Wildman–Crippen LogP) is 4.75. The summed E-state index contributed by atoms with van der Waals surface area (Å²) in [6.07, 6.45) is 3.46. The van der Waals surface area contributed by atoms with Crippen molar-refractivity contribution in [2.24, 2.45) is 5.41 Å². The van der Waals surface area contributed by atoms with Crippen LogP contribution >= 0.6 is 38.9 Å². The van der Waals surface area contributed by atoms with Crippen LogP contribution < -0.4 is 5.32 Å². The molecule has 19 heavy (non-hydrogen) atoms. The lowest BCUT2D eigenvalue weighted by Gasteiger charge is -2.24. The minimum Gasteiger partial charge on any atom is -0.383 e. The van der Waals surface area contributed by atoms with Crippen LogP contribution in [-0.2, 0) is 11.2 Å². The highest BCUT2D eigenvalue weighted by Gasteiger charge is 2.18. The monoisotopic (exact) mass is 367 g/mol. The van der Waals surface area contributed by atoms with Gasteiger partial charge in [0.25, 0.3) is 0 Å². The minimum absolute atomic E-state index is 0.350. The van der Waals surface area contributed by atoms with Gasteiger partial charge >= 0.3 is 0 Å². The van der Waals surface area contributed by atoms with E-state index in [1.165, 1.54) is 17.7 Å². The molecule has 110 valence electrons. The number of rotatable bonds is 9. The summed E-state index contributed by atoms with van der Waals surface area (Å²) in [5.74, 6) is 0. The Bertz CT molecular complexity index is 362. The first-order valence-electron chi connectivity index (χ1n) is 6.58. The molecule has 0 saturated heterocycles. The Labute approximate surface area is 134 Å². The molecule has 2 nitrogen and oxygen atoms in total. The van der Waals surface area contributed by atoms with Gasteiger partial charge in [0.05, 0.1) is 6.61 Å².